The molecule has 4 rings (SSSR count). The molecule has 7 heteroatoms. The third-order valence-electron chi connectivity index (χ3n) is 5.27. The second-order valence-electron chi connectivity index (χ2n) is 7.23. The van der Waals surface area contributed by atoms with Gasteiger partial charge < -0.3 is 9.80 Å². The lowest BCUT2D eigenvalue weighted by Crippen LogP contribution is -2.39. The van der Waals surface area contributed by atoms with Crippen LogP contribution >= 0.6 is 11.3 Å². The third kappa shape index (κ3) is 4.27. The highest BCUT2D eigenvalue weighted by Crippen LogP contribution is 2.39. The summed E-state index contributed by atoms with van der Waals surface area (Å²) in [4.78, 5) is 31.4. The second kappa shape index (κ2) is 9.22. The monoisotopic (exact) mass is 431 g/mol. The first-order valence-electron chi connectivity index (χ1n) is 10.4. The minimum Gasteiger partial charge on any atom is -0.350 e. The Bertz CT molecular complexity index is 1170. The molecular formula is C24H25N5OS. The van der Waals surface area contributed by atoms with Gasteiger partial charge in [0.05, 0.1) is 11.9 Å². The summed E-state index contributed by atoms with van der Waals surface area (Å²) in [6, 6.07) is 14.0. The van der Waals surface area contributed by atoms with Crippen molar-refractivity contribution in [2.75, 3.05) is 31.6 Å². The highest BCUT2D eigenvalue weighted by molar-refractivity contribution is 7.17. The minimum absolute atomic E-state index is 0.0821. The molecular weight excluding hydrogens is 406 g/mol. The molecule has 0 aliphatic carbocycles. The maximum atomic E-state index is 12.8. The first kappa shape index (κ1) is 20.9. The molecule has 0 aliphatic rings. The van der Waals surface area contributed by atoms with Gasteiger partial charge in [0, 0.05) is 49.0 Å². The zero-order chi connectivity index (χ0) is 21.8. The van der Waals surface area contributed by atoms with Crippen LogP contribution in [0.5, 0.6) is 0 Å². The number of carbonyl (C=O) groups excluding carboxylic acids is 1. The Kier molecular flexibility index (Phi) is 6.23. The molecule has 0 saturated heterocycles. The Morgan fingerprint density at radius 2 is 1.74 bits per heavy atom. The van der Waals surface area contributed by atoms with Crippen molar-refractivity contribution >= 4 is 33.3 Å². The molecule has 3 heterocycles. The van der Waals surface area contributed by atoms with Gasteiger partial charge in [0.2, 0.25) is 5.91 Å². The molecule has 3 aromatic heterocycles. The van der Waals surface area contributed by atoms with Gasteiger partial charge in [0.25, 0.3) is 0 Å². The van der Waals surface area contributed by atoms with Crippen molar-refractivity contribution in [3.05, 3.63) is 60.2 Å². The van der Waals surface area contributed by atoms with Crippen LogP contribution in [-0.4, -0.2) is 52.4 Å². The molecule has 158 valence electrons. The molecule has 0 fully saturated rings. The Morgan fingerprint density at radius 1 is 1.00 bits per heavy atom. The van der Waals surface area contributed by atoms with Crippen molar-refractivity contribution in [3.63, 3.8) is 0 Å². The number of pyridine rings is 1. The largest absolute Gasteiger partial charge is 0.350 e. The maximum absolute atomic E-state index is 12.8. The van der Waals surface area contributed by atoms with E-state index in [-0.39, 0.29) is 12.5 Å². The van der Waals surface area contributed by atoms with Crippen LogP contribution in [0.2, 0.25) is 0 Å². The molecule has 0 N–H and O–H groups in total. The number of benzene rings is 1. The summed E-state index contributed by atoms with van der Waals surface area (Å²) in [6.45, 7) is 5.63. The number of amides is 1. The number of rotatable bonds is 7. The van der Waals surface area contributed by atoms with Crippen LogP contribution in [0, 0.1) is 0 Å². The Hall–Kier alpha value is -3.32. The van der Waals surface area contributed by atoms with E-state index in [9.17, 15) is 4.79 Å². The molecule has 0 spiro atoms. The van der Waals surface area contributed by atoms with Gasteiger partial charge in [-0.2, -0.15) is 0 Å². The number of anilines is 1. The molecule has 4 aromatic rings. The Morgan fingerprint density at radius 3 is 2.42 bits per heavy atom. The van der Waals surface area contributed by atoms with Crippen molar-refractivity contribution in [3.8, 4) is 22.5 Å². The quantitative estimate of drug-likeness (QED) is 0.423. The highest BCUT2D eigenvalue weighted by atomic mass is 32.1. The average molecular weight is 432 g/mol. The average Bonchev–Trinajstić information content (AvgIpc) is 3.24. The smallest absolute Gasteiger partial charge is 0.242 e. The molecule has 0 radical (unpaired) electrons. The molecule has 0 atom stereocenters. The summed E-state index contributed by atoms with van der Waals surface area (Å²) in [5, 5.41) is 3.09. The van der Waals surface area contributed by atoms with Gasteiger partial charge in [-0.25, -0.2) is 9.97 Å². The van der Waals surface area contributed by atoms with Crippen LogP contribution in [0.4, 0.5) is 5.82 Å². The van der Waals surface area contributed by atoms with Crippen molar-refractivity contribution in [2.24, 2.45) is 0 Å². The second-order valence-corrected chi connectivity index (χ2v) is 8.09. The van der Waals surface area contributed by atoms with E-state index in [2.05, 4.69) is 22.5 Å². The lowest BCUT2D eigenvalue weighted by atomic mass is 10.1. The lowest BCUT2D eigenvalue weighted by molar-refractivity contribution is -0.129. The van der Waals surface area contributed by atoms with E-state index in [0.717, 1.165) is 32.7 Å². The lowest BCUT2D eigenvalue weighted by Gasteiger charge is -2.24. The minimum atomic E-state index is 0.0821. The van der Waals surface area contributed by atoms with E-state index in [0.29, 0.717) is 18.9 Å². The number of aromatic nitrogens is 3. The van der Waals surface area contributed by atoms with Crippen LogP contribution in [0.15, 0.2) is 60.2 Å². The van der Waals surface area contributed by atoms with Crippen molar-refractivity contribution in [1.82, 2.24) is 19.9 Å². The molecule has 6 nitrogen and oxygen atoms in total. The van der Waals surface area contributed by atoms with Crippen LogP contribution in [-0.2, 0) is 4.79 Å². The Balaban J connectivity index is 1.85. The molecule has 1 amide bonds. The van der Waals surface area contributed by atoms with E-state index >= 15 is 0 Å². The SMILES string of the molecule is CCN(CC)C(=O)CN(C)c1nc(-c2cccnc2)nc2scc(-c3ccccc3)c12. The first-order valence-corrected chi connectivity index (χ1v) is 11.2. The van der Waals surface area contributed by atoms with Gasteiger partial charge in [-0.05, 0) is 31.5 Å². The number of carbonyl (C=O) groups is 1. The predicted molar refractivity (Wildman–Crippen MR) is 127 cm³/mol. The topological polar surface area (TPSA) is 62.2 Å². The van der Waals surface area contributed by atoms with E-state index in [1.807, 2.05) is 61.0 Å². The first-order chi connectivity index (χ1) is 15.1. The van der Waals surface area contributed by atoms with Crippen LogP contribution in [0.3, 0.4) is 0 Å². The highest BCUT2D eigenvalue weighted by Gasteiger charge is 2.21. The molecule has 0 unspecified atom stereocenters. The van der Waals surface area contributed by atoms with Gasteiger partial charge in [-0.1, -0.05) is 30.3 Å². The summed E-state index contributed by atoms with van der Waals surface area (Å²) in [6.07, 6.45) is 3.49. The molecule has 0 saturated carbocycles. The fourth-order valence-corrected chi connectivity index (χ4v) is 4.55. The zero-order valence-electron chi connectivity index (χ0n) is 17.9. The van der Waals surface area contributed by atoms with Gasteiger partial charge in [-0.15, -0.1) is 11.3 Å². The predicted octanol–water partition coefficient (Wildman–Crippen LogP) is 4.72. The van der Waals surface area contributed by atoms with E-state index in [1.54, 1.807) is 23.7 Å². The number of nitrogens with zero attached hydrogens (tertiary/aromatic N) is 5. The number of likely N-dealkylation sites (N-methyl/N-ethyl adjacent to an activating group) is 2. The number of hydrogen-bond donors (Lipinski definition) is 0. The van der Waals surface area contributed by atoms with Crippen molar-refractivity contribution in [1.29, 1.82) is 0 Å². The normalized spacial score (nSPS) is 10.9. The van der Waals surface area contributed by atoms with Crippen molar-refractivity contribution < 1.29 is 4.79 Å². The molecule has 0 bridgehead atoms. The van der Waals surface area contributed by atoms with Crippen LogP contribution in [0.25, 0.3) is 32.7 Å². The number of fused-ring (bicyclic) bond motifs is 1. The van der Waals surface area contributed by atoms with E-state index in [1.165, 1.54) is 0 Å². The Labute approximate surface area is 186 Å². The van der Waals surface area contributed by atoms with Gasteiger partial charge >= 0.3 is 0 Å². The van der Waals surface area contributed by atoms with E-state index < -0.39 is 0 Å². The summed E-state index contributed by atoms with van der Waals surface area (Å²) >= 11 is 1.59. The third-order valence-corrected chi connectivity index (χ3v) is 6.14. The fourth-order valence-electron chi connectivity index (χ4n) is 3.61. The van der Waals surface area contributed by atoms with Gasteiger partial charge in [-0.3, -0.25) is 9.78 Å². The maximum Gasteiger partial charge on any atom is 0.242 e. The van der Waals surface area contributed by atoms with Gasteiger partial charge in [0.15, 0.2) is 5.82 Å². The van der Waals surface area contributed by atoms with E-state index in [4.69, 9.17) is 9.97 Å². The van der Waals surface area contributed by atoms with Gasteiger partial charge in [0.1, 0.15) is 10.6 Å². The summed E-state index contributed by atoms with van der Waals surface area (Å²) in [5.74, 6) is 1.45. The number of thiophene rings is 1. The van der Waals surface area contributed by atoms with Crippen LogP contribution < -0.4 is 4.90 Å². The fraction of sp³-hybridized carbons (Fsp3) is 0.250. The number of hydrogen-bond acceptors (Lipinski definition) is 6. The summed E-state index contributed by atoms with van der Waals surface area (Å²) < 4.78 is 0. The van der Waals surface area contributed by atoms with Crippen molar-refractivity contribution in [2.45, 2.75) is 13.8 Å². The molecule has 0 aliphatic heterocycles. The molecule has 31 heavy (non-hydrogen) atoms. The standard InChI is InChI=1S/C24H25N5OS/c1-4-29(5-2)20(30)15-28(3)23-21-19(17-10-7-6-8-11-17)16-31-24(21)27-22(26-23)18-12-9-13-25-14-18/h6-14,16H,4-5,15H2,1-3H3. The van der Waals surface area contributed by atoms with Crippen LogP contribution in [0.1, 0.15) is 13.8 Å². The summed E-state index contributed by atoms with van der Waals surface area (Å²) in [5.41, 5.74) is 3.04. The zero-order valence-corrected chi connectivity index (χ0v) is 18.8. The molecule has 1 aromatic carbocycles. The summed E-state index contributed by atoms with van der Waals surface area (Å²) in [7, 11) is 1.92.